The van der Waals surface area contributed by atoms with Crippen molar-refractivity contribution in [3.63, 3.8) is 0 Å². The molecule has 0 saturated carbocycles. The van der Waals surface area contributed by atoms with E-state index in [4.69, 9.17) is 0 Å². The molecule has 3 rings (SSSR count). The molecule has 0 unspecified atom stereocenters. The maximum atomic E-state index is 13.1. The Balaban J connectivity index is 1.24. The van der Waals surface area contributed by atoms with Crippen LogP contribution in [0.2, 0.25) is 0 Å². The van der Waals surface area contributed by atoms with Crippen LogP contribution in [0.4, 0.5) is 0 Å². The highest BCUT2D eigenvalue weighted by Crippen LogP contribution is 2.38. The van der Waals surface area contributed by atoms with Crippen LogP contribution < -0.4 is 9.44 Å². The van der Waals surface area contributed by atoms with Gasteiger partial charge in [0.1, 0.15) is 0 Å². The Bertz CT molecular complexity index is 1440. The molecule has 2 N–H and O–H groups in total. The summed E-state index contributed by atoms with van der Waals surface area (Å²) in [4.78, 5) is 0.553. The molecule has 326 valence electrons. The number of nitrogens with one attached hydrogen (secondary N) is 2. The predicted octanol–water partition coefficient (Wildman–Crippen LogP) is 14.3. The van der Waals surface area contributed by atoms with E-state index >= 15 is 0 Å². The van der Waals surface area contributed by atoms with Crippen LogP contribution in [0, 0.1) is 0 Å². The molecule has 8 heteroatoms. The fraction of sp³-hybridized carbons (Fsp3) is 0.755. The zero-order valence-electron chi connectivity index (χ0n) is 36.7. The molecule has 0 bridgehead atoms. The third kappa shape index (κ3) is 20.9. The van der Waals surface area contributed by atoms with Crippen molar-refractivity contribution in [3.05, 3.63) is 47.5 Å². The molecule has 0 spiro atoms. The number of fused-ring (bicyclic) bond motifs is 3. The van der Waals surface area contributed by atoms with Crippen molar-refractivity contribution in [2.24, 2.45) is 0 Å². The molecule has 1 aliphatic carbocycles. The van der Waals surface area contributed by atoms with Gasteiger partial charge in [0, 0.05) is 13.1 Å². The monoisotopic (exact) mass is 829 g/mol. The number of rotatable bonds is 38. The van der Waals surface area contributed by atoms with E-state index in [-0.39, 0.29) is 9.79 Å². The van der Waals surface area contributed by atoms with E-state index in [1.165, 1.54) is 167 Å². The highest BCUT2D eigenvalue weighted by molar-refractivity contribution is 7.89. The molecular formula is C49H84N2O4S2. The zero-order chi connectivity index (χ0) is 40.9. The highest BCUT2D eigenvalue weighted by atomic mass is 32.2. The van der Waals surface area contributed by atoms with Gasteiger partial charge in [0.15, 0.2) is 0 Å². The topological polar surface area (TPSA) is 92.3 Å². The number of hydrogen-bond donors (Lipinski definition) is 2. The normalized spacial score (nSPS) is 12.7. The van der Waals surface area contributed by atoms with Gasteiger partial charge in [-0.3, -0.25) is 0 Å². The molecular weight excluding hydrogens is 745 g/mol. The average molecular weight is 829 g/mol. The SMILES string of the molecule is CCCCCCCCCCCCCCCCCCNS(=O)(=O)c1ccc2c(c1)Cc1cc(S(=O)(=O)NCCCCCCCCCCCCCCCCCC)ccc1-2. The minimum Gasteiger partial charge on any atom is -0.211 e. The number of hydrogen-bond acceptors (Lipinski definition) is 4. The van der Waals surface area contributed by atoms with Gasteiger partial charge in [-0.1, -0.05) is 219 Å². The summed E-state index contributed by atoms with van der Waals surface area (Å²) < 4.78 is 58.2. The maximum absolute atomic E-state index is 13.1. The van der Waals surface area contributed by atoms with Crippen molar-refractivity contribution in [2.45, 2.75) is 236 Å². The Morgan fingerprint density at radius 1 is 0.368 bits per heavy atom. The maximum Gasteiger partial charge on any atom is 0.240 e. The van der Waals surface area contributed by atoms with E-state index in [0.717, 1.165) is 60.8 Å². The van der Waals surface area contributed by atoms with Crippen molar-refractivity contribution >= 4 is 20.0 Å². The van der Waals surface area contributed by atoms with Crippen LogP contribution >= 0.6 is 0 Å². The second kappa shape index (κ2) is 30.3. The van der Waals surface area contributed by atoms with Gasteiger partial charge in [0.2, 0.25) is 20.0 Å². The molecule has 0 radical (unpaired) electrons. The summed E-state index contributed by atoms with van der Waals surface area (Å²) >= 11 is 0. The fourth-order valence-electron chi connectivity index (χ4n) is 8.42. The Labute approximate surface area is 352 Å². The molecule has 0 heterocycles. The van der Waals surface area contributed by atoms with E-state index in [0.29, 0.717) is 19.5 Å². The van der Waals surface area contributed by atoms with Crippen LogP contribution in [-0.2, 0) is 26.5 Å². The summed E-state index contributed by atoms with van der Waals surface area (Å²) in [5, 5.41) is 0. The molecule has 0 amide bonds. The van der Waals surface area contributed by atoms with Gasteiger partial charge in [0.05, 0.1) is 9.79 Å². The highest BCUT2D eigenvalue weighted by Gasteiger charge is 2.24. The molecule has 1 aliphatic rings. The fourth-order valence-corrected chi connectivity index (χ4v) is 10.7. The van der Waals surface area contributed by atoms with E-state index in [9.17, 15) is 16.8 Å². The molecule has 57 heavy (non-hydrogen) atoms. The third-order valence-electron chi connectivity index (χ3n) is 12.1. The quantitative estimate of drug-likeness (QED) is 0.0563. The van der Waals surface area contributed by atoms with E-state index in [2.05, 4.69) is 23.3 Å². The lowest BCUT2D eigenvalue weighted by molar-refractivity contribution is 0.528. The van der Waals surface area contributed by atoms with Crippen molar-refractivity contribution in [1.82, 2.24) is 9.44 Å². The lowest BCUT2D eigenvalue weighted by Crippen LogP contribution is -2.24. The first-order valence-corrected chi connectivity index (χ1v) is 27.0. The summed E-state index contributed by atoms with van der Waals surface area (Å²) in [7, 11) is -7.22. The number of benzene rings is 2. The number of unbranched alkanes of at least 4 members (excludes halogenated alkanes) is 30. The van der Waals surface area contributed by atoms with Crippen LogP contribution in [-0.4, -0.2) is 29.9 Å². The van der Waals surface area contributed by atoms with Gasteiger partial charge in [-0.15, -0.1) is 0 Å². The van der Waals surface area contributed by atoms with Gasteiger partial charge in [-0.2, -0.15) is 0 Å². The minimum atomic E-state index is -3.61. The van der Waals surface area contributed by atoms with Crippen LogP contribution in [0.15, 0.2) is 46.2 Å². The predicted molar refractivity (Wildman–Crippen MR) is 244 cm³/mol. The van der Waals surface area contributed by atoms with Crippen molar-refractivity contribution in [3.8, 4) is 11.1 Å². The average Bonchev–Trinajstić information content (AvgIpc) is 3.57. The van der Waals surface area contributed by atoms with Crippen molar-refractivity contribution in [1.29, 1.82) is 0 Å². The van der Waals surface area contributed by atoms with Crippen LogP contribution in [0.3, 0.4) is 0 Å². The van der Waals surface area contributed by atoms with Crippen molar-refractivity contribution in [2.75, 3.05) is 13.1 Å². The first-order chi connectivity index (χ1) is 27.8. The van der Waals surface area contributed by atoms with Gasteiger partial charge in [0.25, 0.3) is 0 Å². The molecule has 0 aromatic heterocycles. The Kier molecular flexibility index (Phi) is 26.4. The standard InChI is InChI=1S/C49H84N2O4S2/c1-3-5-7-9-11-13-15-17-19-21-23-25-27-29-31-33-39-50-56(52,53)46-35-37-48-44(42-46)41-45-43-47(36-38-49(45)48)57(54,55)51-40-34-32-30-28-26-24-22-20-18-16-14-12-10-8-6-4-2/h35-38,42-43,50-51H,3-34,39-41H2,1-2H3. The second-order valence-electron chi connectivity index (χ2n) is 17.2. The van der Waals surface area contributed by atoms with Crippen LogP contribution in [0.1, 0.15) is 230 Å². The van der Waals surface area contributed by atoms with Gasteiger partial charge in [-0.25, -0.2) is 26.3 Å². The molecule has 0 saturated heterocycles. The Morgan fingerprint density at radius 3 is 0.877 bits per heavy atom. The first kappa shape index (κ1) is 49.6. The summed E-state index contributed by atoms with van der Waals surface area (Å²) in [5.41, 5.74) is 3.80. The smallest absolute Gasteiger partial charge is 0.211 e. The van der Waals surface area contributed by atoms with E-state index in [1.807, 2.05) is 12.1 Å². The summed E-state index contributed by atoms with van der Waals surface area (Å²) in [5.74, 6) is 0. The largest absolute Gasteiger partial charge is 0.240 e. The van der Waals surface area contributed by atoms with Crippen molar-refractivity contribution < 1.29 is 16.8 Å². The van der Waals surface area contributed by atoms with Gasteiger partial charge < -0.3 is 0 Å². The third-order valence-corrected chi connectivity index (χ3v) is 15.0. The molecule has 0 fully saturated rings. The molecule has 0 atom stereocenters. The Hall–Kier alpha value is -1.74. The van der Waals surface area contributed by atoms with Gasteiger partial charge >= 0.3 is 0 Å². The lowest BCUT2D eigenvalue weighted by atomic mass is 10.0. The van der Waals surface area contributed by atoms with Crippen LogP contribution in [0.5, 0.6) is 0 Å². The summed E-state index contributed by atoms with van der Waals surface area (Å²) in [6, 6.07) is 10.6. The minimum absolute atomic E-state index is 0.277. The van der Waals surface area contributed by atoms with Crippen LogP contribution in [0.25, 0.3) is 11.1 Å². The van der Waals surface area contributed by atoms with Gasteiger partial charge in [-0.05, 0) is 65.8 Å². The molecule has 0 aliphatic heterocycles. The summed E-state index contributed by atoms with van der Waals surface area (Å²) in [6.07, 6.45) is 41.9. The lowest BCUT2D eigenvalue weighted by Gasteiger charge is -2.09. The van der Waals surface area contributed by atoms with E-state index < -0.39 is 20.0 Å². The second-order valence-corrected chi connectivity index (χ2v) is 20.8. The molecule has 6 nitrogen and oxygen atoms in total. The summed E-state index contributed by atoms with van der Waals surface area (Å²) in [6.45, 7) is 5.45. The Morgan fingerprint density at radius 2 is 0.614 bits per heavy atom. The first-order valence-electron chi connectivity index (χ1n) is 24.0. The molecule has 2 aromatic carbocycles. The molecule has 2 aromatic rings. The number of sulfonamides is 2. The zero-order valence-corrected chi connectivity index (χ0v) is 38.3. The van der Waals surface area contributed by atoms with E-state index in [1.54, 1.807) is 24.3 Å².